The van der Waals surface area contributed by atoms with E-state index in [9.17, 15) is 4.79 Å². The van der Waals surface area contributed by atoms with Gasteiger partial charge in [-0.3, -0.25) is 19.9 Å². The second-order valence-electron chi connectivity index (χ2n) is 7.92. The molecular formula is C23H19N7O. The van der Waals surface area contributed by atoms with E-state index in [0.29, 0.717) is 11.3 Å². The molecule has 0 aliphatic heterocycles. The average molecular weight is 409 g/mol. The molecule has 0 bridgehead atoms. The minimum atomic E-state index is 0.0733. The molecule has 1 aliphatic rings. The first-order chi connectivity index (χ1) is 15.2. The van der Waals surface area contributed by atoms with Crippen LogP contribution in [0.4, 0.5) is 5.69 Å². The van der Waals surface area contributed by atoms with Crippen molar-refractivity contribution in [2.45, 2.75) is 19.3 Å². The van der Waals surface area contributed by atoms with Gasteiger partial charge >= 0.3 is 0 Å². The van der Waals surface area contributed by atoms with Crippen LogP contribution in [0.15, 0.2) is 55.2 Å². The third-order valence-electron chi connectivity index (χ3n) is 5.91. The maximum absolute atomic E-state index is 12.3. The second kappa shape index (κ2) is 7.02. The van der Waals surface area contributed by atoms with E-state index in [0.717, 1.165) is 58.1 Å². The van der Waals surface area contributed by atoms with Gasteiger partial charge in [0.15, 0.2) is 5.65 Å². The summed E-state index contributed by atoms with van der Waals surface area (Å²) in [5.74, 6) is 0.200. The lowest BCUT2D eigenvalue weighted by molar-refractivity contribution is -0.122. The van der Waals surface area contributed by atoms with E-state index < -0.39 is 0 Å². The summed E-state index contributed by atoms with van der Waals surface area (Å²) in [6.45, 7) is 0. The number of amides is 1. The van der Waals surface area contributed by atoms with Gasteiger partial charge in [-0.2, -0.15) is 5.10 Å². The van der Waals surface area contributed by atoms with Gasteiger partial charge in [0.1, 0.15) is 5.69 Å². The van der Waals surface area contributed by atoms with E-state index in [-0.39, 0.29) is 11.8 Å². The molecule has 31 heavy (non-hydrogen) atoms. The Morgan fingerprint density at radius 2 is 1.94 bits per heavy atom. The normalized spacial score (nSPS) is 14.1. The molecule has 8 nitrogen and oxygen atoms in total. The highest BCUT2D eigenvalue weighted by molar-refractivity contribution is 5.96. The molecule has 1 saturated carbocycles. The fourth-order valence-electron chi connectivity index (χ4n) is 3.95. The molecule has 5 aromatic rings. The second-order valence-corrected chi connectivity index (χ2v) is 7.92. The molecule has 152 valence electrons. The topological polar surface area (TPSA) is 112 Å². The summed E-state index contributed by atoms with van der Waals surface area (Å²) < 4.78 is 0. The fourth-order valence-corrected chi connectivity index (χ4v) is 3.95. The first kappa shape index (κ1) is 17.8. The van der Waals surface area contributed by atoms with Crippen LogP contribution in [0, 0.1) is 5.92 Å². The van der Waals surface area contributed by atoms with E-state index in [4.69, 9.17) is 0 Å². The Labute approximate surface area is 177 Å². The Balaban J connectivity index is 1.37. The number of nitrogens with one attached hydrogen (secondary N) is 3. The summed E-state index contributed by atoms with van der Waals surface area (Å²) in [6, 6.07) is 7.94. The smallest absolute Gasteiger partial charge is 0.227 e. The van der Waals surface area contributed by atoms with Crippen LogP contribution in [0.5, 0.6) is 0 Å². The molecule has 0 saturated heterocycles. The lowest BCUT2D eigenvalue weighted by atomic mass is 9.85. The van der Waals surface area contributed by atoms with Gasteiger partial charge in [0.05, 0.1) is 17.6 Å². The minimum Gasteiger partial charge on any atom is -0.353 e. The highest BCUT2D eigenvalue weighted by atomic mass is 16.1. The quantitative estimate of drug-likeness (QED) is 0.410. The number of hydrogen-bond donors (Lipinski definition) is 3. The molecule has 0 unspecified atom stereocenters. The van der Waals surface area contributed by atoms with Crippen LogP contribution in [0.1, 0.15) is 19.3 Å². The number of carbonyl (C=O) groups excluding carboxylic acids is 1. The van der Waals surface area contributed by atoms with Gasteiger partial charge < -0.3 is 10.3 Å². The van der Waals surface area contributed by atoms with Gasteiger partial charge in [0.2, 0.25) is 5.91 Å². The first-order valence-electron chi connectivity index (χ1n) is 10.3. The molecule has 6 rings (SSSR count). The Kier molecular flexibility index (Phi) is 4.02. The lowest BCUT2D eigenvalue weighted by Crippen LogP contribution is -2.28. The highest BCUT2D eigenvalue weighted by Crippen LogP contribution is 2.31. The lowest BCUT2D eigenvalue weighted by Gasteiger charge is -2.24. The first-order valence-corrected chi connectivity index (χ1v) is 10.3. The van der Waals surface area contributed by atoms with Crippen molar-refractivity contribution in [3.63, 3.8) is 0 Å². The molecule has 5 aromatic heterocycles. The van der Waals surface area contributed by atoms with Crippen LogP contribution < -0.4 is 5.32 Å². The van der Waals surface area contributed by atoms with E-state index in [1.54, 1.807) is 24.8 Å². The third kappa shape index (κ3) is 3.13. The van der Waals surface area contributed by atoms with Crippen LogP contribution in [-0.4, -0.2) is 36.0 Å². The van der Waals surface area contributed by atoms with Gasteiger partial charge in [-0.05, 0) is 37.1 Å². The predicted octanol–water partition coefficient (Wildman–Crippen LogP) is 4.30. The summed E-state index contributed by atoms with van der Waals surface area (Å²) in [5, 5.41) is 12.4. The monoisotopic (exact) mass is 409 g/mol. The maximum atomic E-state index is 12.3. The number of hydrogen-bond acceptors (Lipinski definition) is 5. The zero-order valence-electron chi connectivity index (χ0n) is 16.6. The molecule has 3 N–H and O–H groups in total. The Morgan fingerprint density at radius 3 is 2.77 bits per heavy atom. The SMILES string of the molecule is O=C(Nc1cncc(-c2cnc3[nH]nc(-c4cc5cnccc5[nH]4)c3c2)c1)C1CCC1. The van der Waals surface area contributed by atoms with Crippen molar-refractivity contribution in [1.29, 1.82) is 0 Å². The number of anilines is 1. The van der Waals surface area contributed by atoms with Crippen LogP contribution in [0.25, 0.3) is 44.5 Å². The summed E-state index contributed by atoms with van der Waals surface area (Å²) in [5.41, 5.74) is 5.89. The molecule has 0 aromatic carbocycles. The number of carbonyl (C=O) groups is 1. The number of aromatic nitrogens is 6. The number of nitrogens with zero attached hydrogens (tertiary/aromatic N) is 4. The van der Waals surface area contributed by atoms with Gasteiger partial charge in [0.25, 0.3) is 0 Å². The molecule has 1 amide bonds. The Bertz CT molecular complexity index is 1400. The minimum absolute atomic E-state index is 0.0733. The van der Waals surface area contributed by atoms with Gasteiger partial charge in [-0.15, -0.1) is 0 Å². The van der Waals surface area contributed by atoms with Crippen molar-refractivity contribution in [2.24, 2.45) is 5.92 Å². The summed E-state index contributed by atoms with van der Waals surface area (Å²) >= 11 is 0. The van der Waals surface area contributed by atoms with E-state index in [1.807, 2.05) is 30.5 Å². The van der Waals surface area contributed by atoms with Crippen LogP contribution >= 0.6 is 0 Å². The van der Waals surface area contributed by atoms with Crippen LogP contribution in [-0.2, 0) is 4.79 Å². The molecule has 1 aliphatic carbocycles. The van der Waals surface area contributed by atoms with E-state index >= 15 is 0 Å². The number of aromatic amines is 2. The largest absolute Gasteiger partial charge is 0.353 e. The molecular weight excluding hydrogens is 390 g/mol. The zero-order chi connectivity index (χ0) is 20.8. The number of fused-ring (bicyclic) bond motifs is 2. The predicted molar refractivity (Wildman–Crippen MR) is 118 cm³/mol. The average Bonchev–Trinajstić information content (AvgIpc) is 3.36. The van der Waals surface area contributed by atoms with Gasteiger partial charge in [0, 0.05) is 58.1 Å². The Hall–Kier alpha value is -4.07. The standard InChI is InChI=1S/C23H19N7O/c31-23(13-2-1-3-13)27-17-6-14(9-25-12-17)15-7-18-21(29-30-22(18)26-11-15)20-8-16-10-24-5-4-19(16)28-20/h4-13,28H,1-3H2,(H,27,31)(H,26,29,30). The summed E-state index contributed by atoms with van der Waals surface area (Å²) in [4.78, 5) is 28.7. The molecule has 0 spiro atoms. The van der Waals surface area contributed by atoms with E-state index in [2.05, 4.69) is 35.5 Å². The van der Waals surface area contributed by atoms with Crippen LogP contribution in [0.3, 0.4) is 0 Å². The maximum Gasteiger partial charge on any atom is 0.227 e. The summed E-state index contributed by atoms with van der Waals surface area (Å²) in [6.07, 6.45) is 11.9. The van der Waals surface area contributed by atoms with Gasteiger partial charge in [-0.25, -0.2) is 4.98 Å². The van der Waals surface area contributed by atoms with Crippen LogP contribution in [0.2, 0.25) is 0 Å². The molecule has 1 fully saturated rings. The molecule has 0 radical (unpaired) electrons. The van der Waals surface area contributed by atoms with Crippen molar-refractivity contribution in [3.05, 3.63) is 55.2 Å². The molecule has 5 heterocycles. The van der Waals surface area contributed by atoms with E-state index in [1.165, 1.54) is 0 Å². The number of rotatable bonds is 4. The molecule has 0 atom stereocenters. The van der Waals surface area contributed by atoms with Crippen molar-refractivity contribution < 1.29 is 4.79 Å². The molecule has 8 heteroatoms. The van der Waals surface area contributed by atoms with Crippen molar-refractivity contribution >= 4 is 33.5 Å². The zero-order valence-corrected chi connectivity index (χ0v) is 16.6. The van der Waals surface area contributed by atoms with Crippen molar-refractivity contribution in [2.75, 3.05) is 5.32 Å². The highest BCUT2D eigenvalue weighted by Gasteiger charge is 2.25. The van der Waals surface area contributed by atoms with Crippen molar-refractivity contribution in [1.82, 2.24) is 30.1 Å². The number of pyridine rings is 3. The van der Waals surface area contributed by atoms with Gasteiger partial charge in [-0.1, -0.05) is 6.42 Å². The summed E-state index contributed by atoms with van der Waals surface area (Å²) in [7, 11) is 0. The van der Waals surface area contributed by atoms with Crippen molar-refractivity contribution in [3.8, 4) is 22.5 Å². The Morgan fingerprint density at radius 1 is 1.03 bits per heavy atom. The number of H-pyrrole nitrogens is 2. The fraction of sp³-hybridized carbons (Fsp3) is 0.174. The third-order valence-corrected chi connectivity index (χ3v) is 5.91.